The molecular weight excluding hydrogens is 240 g/mol. The Labute approximate surface area is 104 Å². The van der Waals surface area contributed by atoms with Crippen LogP contribution in [0.15, 0.2) is 12.4 Å². The van der Waals surface area contributed by atoms with Gasteiger partial charge in [-0.15, -0.1) is 0 Å². The highest BCUT2D eigenvalue weighted by molar-refractivity contribution is 5.74. The Hall–Kier alpha value is -2.09. The van der Waals surface area contributed by atoms with Crippen molar-refractivity contribution in [2.75, 3.05) is 6.54 Å². The number of aromatic nitrogens is 2. The van der Waals surface area contributed by atoms with Gasteiger partial charge in [-0.3, -0.25) is 4.68 Å². The molecule has 0 aliphatic carbocycles. The van der Waals surface area contributed by atoms with Crippen molar-refractivity contribution < 1.29 is 19.8 Å². The molecular formula is C10H16N4O4. The summed E-state index contributed by atoms with van der Waals surface area (Å²) in [6, 6.07) is -0.420. The van der Waals surface area contributed by atoms with Crippen LogP contribution in [0.5, 0.6) is 0 Å². The molecule has 0 fully saturated rings. The number of urea groups is 1. The van der Waals surface area contributed by atoms with E-state index in [0.717, 1.165) is 5.56 Å². The van der Waals surface area contributed by atoms with Crippen LogP contribution in [0.25, 0.3) is 0 Å². The van der Waals surface area contributed by atoms with E-state index in [-0.39, 0.29) is 13.0 Å². The van der Waals surface area contributed by atoms with E-state index in [1.807, 2.05) is 0 Å². The first-order valence-corrected chi connectivity index (χ1v) is 5.39. The first kappa shape index (κ1) is 14.0. The van der Waals surface area contributed by atoms with Crippen molar-refractivity contribution >= 4 is 12.0 Å². The molecule has 0 aromatic carbocycles. The monoisotopic (exact) mass is 256 g/mol. The lowest BCUT2D eigenvalue weighted by Crippen LogP contribution is -2.37. The summed E-state index contributed by atoms with van der Waals surface area (Å²) in [5.74, 6) is -1.30. The minimum absolute atomic E-state index is 0.0321. The first-order valence-electron chi connectivity index (χ1n) is 5.39. The van der Waals surface area contributed by atoms with Crippen LogP contribution < -0.4 is 10.6 Å². The van der Waals surface area contributed by atoms with E-state index in [0.29, 0.717) is 6.54 Å². The molecule has 4 N–H and O–H groups in total. The second-order valence-corrected chi connectivity index (χ2v) is 3.77. The van der Waals surface area contributed by atoms with Crippen LogP contribution in [0.4, 0.5) is 4.79 Å². The fraction of sp³-hybridized carbons (Fsp3) is 0.500. The Kier molecular flexibility index (Phi) is 5.12. The number of nitrogens with zero attached hydrogens (tertiary/aromatic N) is 2. The van der Waals surface area contributed by atoms with Crippen LogP contribution >= 0.6 is 0 Å². The van der Waals surface area contributed by atoms with Crippen molar-refractivity contribution in [1.29, 1.82) is 0 Å². The van der Waals surface area contributed by atoms with Crippen LogP contribution in [-0.4, -0.2) is 44.6 Å². The fourth-order valence-electron chi connectivity index (χ4n) is 1.25. The Bertz CT molecular complexity index is 418. The van der Waals surface area contributed by atoms with E-state index in [1.54, 1.807) is 24.1 Å². The molecule has 8 nitrogen and oxygen atoms in total. The molecule has 1 aromatic rings. The number of aliphatic hydroxyl groups is 1. The summed E-state index contributed by atoms with van der Waals surface area (Å²) in [5.41, 5.74) is 0.859. The molecule has 0 radical (unpaired) electrons. The quantitative estimate of drug-likeness (QED) is 0.524. The van der Waals surface area contributed by atoms with Gasteiger partial charge in [0.15, 0.2) is 6.10 Å². The highest BCUT2D eigenvalue weighted by Crippen LogP contribution is 1.94. The van der Waals surface area contributed by atoms with Crippen molar-refractivity contribution in [3.63, 3.8) is 0 Å². The highest BCUT2D eigenvalue weighted by atomic mass is 16.4. The predicted molar refractivity (Wildman–Crippen MR) is 61.7 cm³/mol. The molecule has 8 heteroatoms. The average molecular weight is 256 g/mol. The van der Waals surface area contributed by atoms with E-state index >= 15 is 0 Å². The van der Waals surface area contributed by atoms with Gasteiger partial charge in [0, 0.05) is 38.3 Å². The average Bonchev–Trinajstić information content (AvgIpc) is 2.72. The number of amides is 2. The zero-order chi connectivity index (χ0) is 13.5. The van der Waals surface area contributed by atoms with Gasteiger partial charge in [0.25, 0.3) is 0 Å². The zero-order valence-corrected chi connectivity index (χ0v) is 9.96. The van der Waals surface area contributed by atoms with Gasteiger partial charge in [-0.2, -0.15) is 5.10 Å². The molecule has 100 valence electrons. The van der Waals surface area contributed by atoms with Gasteiger partial charge in [-0.1, -0.05) is 0 Å². The third kappa shape index (κ3) is 4.83. The van der Waals surface area contributed by atoms with Crippen molar-refractivity contribution in [3.8, 4) is 0 Å². The lowest BCUT2D eigenvalue weighted by Gasteiger charge is -2.08. The molecule has 1 rings (SSSR count). The third-order valence-electron chi connectivity index (χ3n) is 2.20. The summed E-state index contributed by atoms with van der Waals surface area (Å²) in [6.07, 6.45) is 1.92. The number of carbonyl (C=O) groups excluding carboxylic acids is 1. The van der Waals surface area contributed by atoms with Crippen molar-refractivity contribution in [2.24, 2.45) is 7.05 Å². The third-order valence-corrected chi connectivity index (χ3v) is 2.20. The maximum atomic E-state index is 11.3. The Morgan fingerprint density at radius 2 is 2.22 bits per heavy atom. The number of aliphatic hydroxyl groups excluding tert-OH is 1. The molecule has 1 aromatic heterocycles. The van der Waals surface area contributed by atoms with E-state index in [4.69, 9.17) is 10.2 Å². The molecule has 0 saturated heterocycles. The van der Waals surface area contributed by atoms with E-state index in [2.05, 4.69) is 15.7 Å². The largest absolute Gasteiger partial charge is 0.479 e. The summed E-state index contributed by atoms with van der Waals surface area (Å²) in [5, 5.41) is 26.4. The summed E-state index contributed by atoms with van der Waals surface area (Å²) in [7, 11) is 1.77. The second-order valence-electron chi connectivity index (χ2n) is 3.77. The standard InChI is InChI=1S/C10H16N4O4/c1-14-6-7(5-13-14)4-12-10(18)11-3-2-8(15)9(16)17/h5-6,8,15H,2-4H2,1H3,(H,16,17)(H2,11,12,18). The minimum Gasteiger partial charge on any atom is -0.479 e. The number of aryl methyl sites for hydroxylation is 1. The normalized spacial score (nSPS) is 11.9. The number of nitrogens with one attached hydrogen (secondary N) is 2. The van der Waals surface area contributed by atoms with Gasteiger partial charge in [0.05, 0.1) is 6.20 Å². The molecule has 1 unspecified atom stereocenters. The number of hydrogen-bond donors (Lipinski definition) is 4. The summed E-state index contributed by atoms with van der Waals surface area (Å²) in [4.78, 5) is 21.6. The predicted octanol–water partition coefficient (Wildman–Crippen LogP) is -0.945. The number of carboxylic acids is 1. The van der Waals surface area contributed by atoms with Crippen LogP contribution in [0.3, 0.4) is 0 Å². The molecule has 1 heterocycles. The lowest BCUT2D eigenvalue weighted by atomic mass is 10.2. The maximum Gasteiger partial charge on any atom is 0.332 e. The molecule has 0 spiro atoms. The molecule has 0 aliphatic rings. The Morgan fingerprint density at radius 3 is 2.78 bits per heavy atom. The SMILES string of the molecule is Cn1cc(CNC(=O)NCCC(O)C(=O)O)cn1. The van der Waals surface area contributed by atoms with Gasteiger partial charge in [-0.25, -0.2) is 9.59 Å². The molecule has 0 aliphatic heterocycles. The summed E-state index contributed by atoms with van der Waals surface area (Å²) >= 11 is 0. The molecule has 2 amide bonds. The van der Waals surface area contributed by atoms with Gasteiger partial charge in [-0.05, 0) is 0 Å². The van der Waals surface area contributed by atoms with Crippen molar-refractivity contribution in [1.82, 2.24) is 20.4 Å². The van der Waals surface area contributed by atoms with Gasteiger partial charge < -0.3 is 20.8 Å². The Balaban J connectivity index is 2.16. The fourth-order valence-corrected chi connectivity index (χ4v) is 1.25. The zero-order valence-electron chi connectivity index (χ0n) is 9.96. The minimum atomic E-state index is -1.45. The van der Waals surface area contributed by atoms with Crippen LogP contribution in [0.1, 0.15) is 12.0 Å². The number of hydrogen-bond acceptors (Lipinski definition) is 4. The van der Waals surface area contributed by atoms with Gasteiger partial charge in [0.1, 0.15) is 0 Å². The van der Waals surface area contributed by atoms with Gasteiger partial charge in [0.2, 0.25) is 0 Å². The van der Waals surface area contributed by atoms with E-state index in [1.165, 1.54) is 0 Å². The van der Waals surface area contributed by atoms with Crippen molar-refractivity contribution in [2.45, 2.75) is 19.1 Å². The first-order chi connectivity index (χ1) is 8.49. The van der Waals surface area contributed by atoms with Crippen LogP contribution in [0, 0.1) is 0 Å². The summed E-state index contributed by atoms with van der Waals surface area (Å²) in [6.45, 7) is 0.424. The van der Waals surface area contributed by atoms with Crippen molar-refractivity contribution in [3.05, 3.63) is 18.0 Å². The lowest BCUT2D eigenvalue weighted by molar-refractivity contribution is -0.146. The number of rotatable bonds is 6. The summed E-state index contributed by atoms with van der Waals surface area (Å²) < 4.78 is 1.62. The topological polar surface area (TPSA) is 116 Å². The second kappa shape index (κ2) is 6.60. The number of aliphatic carboxylic acids is 1. The Morgan fingerprint density at radius 1 is 1.50 bits per heavy atom. The molecule has 0 saturated carbocycles. The van der Waals surface area contributed by atoms with E-state index < -0.39 is 18.1 Å². The molecule has 18 heavy (non-hydrogen) atoms. The number of carbonyl (C=O) groups is 2. The van der Waals surface area contributed by atoms with Crippen LogP contribution in [0.2, 0.25) is 0 Å². The molecule has 0 bridgehead atoms. The van der Waals surface area contributed by atoms with Crippen LogP contribution in [-0.2, 0) is 18.4 Å². The van der Waals surface area contributed by atoms with Gasteiger partial charge >= 0.3 is 12.0 Å². The smallest absolute Gasteiger partial charge is 0.332 e. The number of carboxylic acid groups (broad SMARTS) is 1. The highest BCUT2D eigenvalue weighted by Gasteiger charge is 2.12. The maximum absolute atomic E-state index is 11.3. The van der Waals surface area contributed by atoms with E-state index in [9.17, 15) is 9.59 Å². The molecule has 1 atom stereocenters.